The Kier molecular flexibility index (Phi) is 4.22. The van der Waals surface area contributed by atoms with Crippen molar-refractivity contribution in [2.24, 2.45) is 0 Å². The number of likely N-dealkylation sites (tertiary alicyclic amines) is 1. The molecular formula is C12H16N2OS. The fourth-order valence-corrected chi connectivity index (χ4v) is 2.57. The summed E-state index contributed by atoms with van der Waals surface area (Å²) in [7, 11) is 0. The molecule has 2 heterocycles. The van der Waals surface area contributed by atoms with E-state index in [2.05, 4.69) is 4.98 Å². The molecule has 1 aliphatic heterocycles. The molecule has 1 fully saturated rings. The Bertz CT molecular complexity index is 336. The average Bonchev–Trinajstić information content (AvgIpc) is 2.38. The number of amides is 1. The zero-order chi connectivity index (χ0) is 11.2. The molecule has 0 atom stereocenters. The molecule has 4 heteroatoms. The highest BCUT2D eigenvalue weighted by Gasteiger charge is 2.16. The van der Waals surface area contributed by atoms with Crippen LogP contribution in [-0.4, -0.2) is 34.6 Å². The van der Waals surface area contributed by atoms with Gasteiger partial charge in [0.25, 0.3) is 0 Å². The van der Waals surface area contributed by atoms with Gasteiger partial charge < -0.3 is 4.90 Å². The lowest BCUT2D eigenvalue weighted by Crippen LogP contribution is -2.36. The molecule has 0 unspecified atom stereocenters. The van der Waals surface area contributed by atoms with E-state index in [1.54, 1.807) is 6.20 Å². The van der Waals surface area contributed by atoms with Crippen molar-refractivity contribution in [3.63, 3.8) is 0 Å². The Balaban J connectivity index is 1.79. The van der Waals surface area contributed by atoms with Crippen molar-refractivity contribution < 1.29 is 4.79 Å². The van der Waals surface area contributed by atoms with Crippen LogP contribution in [0.5, 0.6) is 0 Å². The van der Waals surface area contributed by atoms with Crippen molar-refractivity contribution in [2.75, 3.05) is 18.8 Å². The highest BCUT2D eigenvalue weighted by atomic mass is 32.2. The molecule has 2 rings (SSSR count). The van der Waals surface area contributed by atoms with E-state index in [1.165, 1.54) is 18.2 Å². The Morgan fingerprint density at radius 3 is 2.81 bits per heavy atom. The van der Waals surface area contributed by atoms with E-state index in [1.807, 2.05) is 23.1 Å². The van der Waals surface area contributed by atoms with Crippen molar-refractivity contribution in [1.29, 1.82) is 0 Å². The van der Waals surface area contributed by atoms with Crippen molar-refractivity contribution in [3.8, 4) is 0 Å². The molecule has 3 nitrogen and oxygen atoms in total. The van der Waals surface area contributed by atoms with Gasteiger partial charge in [0.15, 0.2) is 0 Å². The normalized spacial score (nSPS) is 16.1. The van der Waals surface area contributed by atoms with Gasteiger partial charge in [-0.2, -0.15) is 0 Å². The summed E-state index contributed by atoms with van der Waals surface area (Å²) >= 11 is 1.52. The third-order valence-corrected chi connectivity index (χ3v) is 3.62. The minimum atomic E-state index is 0.246. The first-order valence-electron chi connectivity index (χ1n) is 5.68. The van der Waals surface area contributed by atoms with Gasteiger partial charge in [-0.1, -0.05) is 17.8 Å². The maximum Gasteiger partial charge on any atom is 0.232 e. The van der Waals surface area contributed by atoms with Crippen molar-refractivity contribution in [1.82, 2.24) is 9.88 Å². The third-order valence-electron chi connectivity index (χ3n) is 2.69. The van der Waals surface area contributed by atoms with E-state index < -0.39 is 0 Å². The summed E-state index contributed by atoms with van der Waals surface area (Å²) in [6.45, 7) is 1.86. The molecule has 0 aromatic carbocycles. The van der Waals surface area contributed by atoms with Crippen LogP contribution < -0.4 is 0 Å². The van der Waals surface area contributed by atoms with Crippen LogP contribution in [0.3, 0.4) is 0 Å². The Morgan fingerprint density at radius 2 is 2.12 bits per heavy atom. The van der Waals surface area contributed by atoms with Crippen LogP contribution in [0, 0.1) is 0 Å². The lowest BCUT2D eigenvalue weighted by Gasteiger charge is -2.26. The first-order chi connectivity index (χ1) is 7.86. The number of nitrogens with zero attached hydrogens (tertiary/aromatic N) is 2. The molecule has 0 spiro atoms. The monoisotopic (exact) mass is 236 g/mol. The van der Waals surface area contributed by atoms with Gasteiger partial charge >= 0.3 is 0 Å². The average molecular weight is 236 g/mol. The Hall–Kier alpha value is -1.03. The maximum atomic E-state index is 11.8. The van der Waals surface area contributed by atoms with E-state index in [9.17, 15) is 4.79 Å². The van der Waals surface area contributed by atoms with Crippen LogP contribution in [0.4, 0.5) is 0 Å². The Labute approximate surface area is 100 Å². The van der Waals surface area contributed by atoms with E-state index in [0.29, 0.717) is 5.75 Å². The molecule has 86 valence electrons. The number of carbonyl (C=O) groups is 1. The predicted molar refractivity (Wildman–Crippen MR) is 65.4 cm³/mol. The van der Waals surface area contributed by atoms with E-state index in [4.69, 9.17) is 0 Å². The predicted octanol–water partition coefficient (Wildman–Crippen LogP) is 2.19. The summed E-state index contributed by atoms with van der Waals surface area (Å²) < 4.78 is 0. The molecule has 0 bridgehead atoms. The maximum absolute atomic E-state index is 11.8. The van der Waals surface area contributed by atoms with Gasteiger partial charge in [0, 0.05) is 19.3 Å². The van der Waals surface area contributed by atoms with Crippen LogP contribution in [0.1, 0.15) is 19.3 Å². The number of rotatable bonds is 3. The zero-order valence-electron chi connectivity index (χ0n) is 9.26. The van der Waals surface area contributed by atoms with Crippen LogP contribution in [0.15, 0.2) is 29.4 Å². The fraction of sp³-hybridized carbons (Fsp3) is 0.500. The number of aromatic nitrogens is 1. The van der Waals surface area contributed by atoms with E-state index in [-0.39, 0.29) is 5.91 Å². The molecule has 1 amide bonds. The number of hydrogen-bond acceptors (Lipinski definition) is 3. The molecule has 16 heavy (non-hydrogen) atoms. The molecule has 0 N–H and O–H groups in total. The lowest BCUT2D eigenvalue weighted by molar-refractivity contribution is -0.129. The van der Waals surface area contributed by atoms with Gasteiger partial charge in [-0.15, -0.1) is 0 Å². The summed E-state index contributed by atoms with van der Waals surface area (Å²) in [6.07, 6.45) is 5.32. The van der Waals surface area contributed by atoms with Gasteiger partial charge in [-0.3, -0.25) is 4.79 Å². The first-order valence-corrected chi connectivity index (χ1v) is 6.66. The standard InChI is InChI=1S/C12H16N2OS/c15-12(14-8-4-1-5-9-14)10-16-11-6-2-3-7-13-11/h2-3,6-7H,1,4-5,8-10H2. The summed E-state index contributed by atoms with van der Waals surface area (Å²) in [5, 5.41) is 0.924. The second-order valence-corrected chi connectivity index (χ2v) is 4.89. The number of thioether (sulfide) groups is 1. The molecule has 1 aromatic heterocycles. The number of pyridine rings is 1. The number of carbonyl (C=O) groups excluding carboxylic acids is 1. The van der Waals surface area contributed by atoms with Crippen LogP contribution in [0.2, 0.25) is 0 Å². The topological polar surface area (TPSA) is 33.2 Å². The minimum Gasteiger partial charge on any atom is -0.342 e. The van der Waals surface area contributed by atoms with E-state index in [0.717, 1.165) is 31.0 Å². The smallest absolute Gasteiger partial charge is 0.232 e. The lowest BCUT2D eigenvalue weighted by atomic mass is 10.1. The zero-order valence-corrected chi connectivity index (χ0v) is 10.1. The quantitative estimate of drug-likeness (QED) is 0.754. The molecular weight excluding hydrogens is 220 g/mol. The van der Waals surface area contributed by atoms with Gasteiger partial charge in [0.05, 0.1) is 10.8 Å². The first kappa shape index (κ1) is 11.5. The largest absolute Gasteiger partial charge is 0.342 e. The van der Waals surface area contributed by atoms with Gasteiger partial charge in [0.1, 0.15) is 0 Å². The van der Waals surface area contributed by atoms with Crippen molar-refractivity contribution in [3.05, 3.63) is 24.4 Å². The summed E-state index contributed by atoms with van der Waals surface area (Å²) in [5.74, 6) is 0.757. The van der Waals surface area contributed by atoms with Gasteiger partial charge in [-0.05, 0) is 31.4 Å². The summed E-state index contributed by atoms with van der Waals surface area (Å²) in [6, 6.07) is 5.77. The summed E-state index contributed by atoms with van der Waals surface area (Å²) in [5.41, 5.74) is 0. The molecule has 1 aromatic rings. The third kappa shape index (κ3) is 3.23. The molecule has 0 saturated carbocycles. The highest BCUT2D eigenvalue weighted by molar-refractivity contribution is 7.99. The highest BCUT2D eigenvalue weighted by Crippen LogP contribution is 2.16. The van der Waals surface area contributed by atoms with Crippen molar-refractivity contribution in [2.45, 2.75) is 24.3 Å². The fourth-order valence-electron chi connectivity index (χ4n) is 1.80. The summed E-state index contributed by atoms with van der Waals surface area (Å²) in [4.78, 5) is 18.0. The Morgan fingerprint density at radius 1 is 1.31 bits per heavy atom. The number of piperidine rings is 1. The van der Waals surface area contributed by atoms with Crippen LogP contribution in [-0.2, 0) is 4.79 Å². The van der Waals surface area contributed by atoms with Crippen LogP contribution in [0.25, 0.3) is 0 Å². The van der Waals surface area contributed by atoms with Gasteiger partial charge in [-0.25, -0.2) is 4.98 Å². The molecule has 0 radical (unpaired) electrons. The minimum absolute atomic E-state index is 0.246. The van der Waals surface area contributed by atoms with Gasteiger partial charge in [0.2, 0.25) is 5.91 Å². The molecule has 0 aliphatic carbocycles. The second kappa shape index (κ2) is 5.89. The SMILES string of the molecule is O=C(CSc1ccccn1)N1CCCCC1. The van der Waals surface area contributed by atoms with Crippen LogP contribution >= 0.6 is 11.8 Å². The molecule has 1 saturated heterocycles. The number of hydrogen-bond donors (Lipinski definition) is 0. The second-order valence-electron chi connectivity index (χ2n) is 3.90. The van der Waals surface area contributed by atoms with E-state index >= 15 is 0 Å². The molecule has 1 aliphatic rings. The van der Waals surface area contributed by atoms with Crippen molar-refractivity contribution >= 4 is 17.7 Å².